The molecule has 1 aromatic carbocycles. The molecule has 5 heteroatoms. The van der Waals surface area contributed by atoms with E-state index in [0.717, 1.165) is 33.6 Å². The minimum absolute atomic E-state index is 0.0958. The van der Waals surface area contributed by atoms with Crippen LogP contribution in [0, 0.1) is 0 Å². The van der Waals surface area contributed by atoms with Crippen LogP contribution in [0.25, 0.3) is 0 Å². The molecule has 1 aromatic heterocycles. The van der Waals surface area contributed by atoms with E-state index in [9.17, 15) is 0 Å². The van der Waals surface area contributed by atoms with Crippen LogP contribution in [0.5, 0.6) is 0 Å². The zero-order valence-corrected chi connectivity index (χ0v) is 14.1. The van der Waals surface area contributed by atoms with Gasteiger partial charge < -0.3 is 5.32 Å². The van der Waals surface area contributed by atoms with Gasteiger partial charge in [0.15, 0.2) is 0 Å². The first kappa shape index (κ1) is 16.3. The third-order valence-corrected chi connectivity index (χ3v) is 4.29. The van der Waals surface area contributed by atoms with E-state index in [2.05, 4.69) is 36.1 Å². The molecule has 3 nitrogen and oxygen atoms in total. The van der Waals surface area contributed by atoms with Crippen molar-refractivity contribution in [2.75, 3.05) is 0 Å². The minimum atomic E-state index is 0.0958. The highest BCUT2D eigenvalue weighted by molar-refractivity contribution is 7.98. The Kier molecular flexibility index (Phi) is 5.62. The number of nitrogens with zero attached hydrogens (tertiary/aromatic N) is 2. The van der Waals surface area contributed by atoms with Gasteiger partial charge in [0.05, 0.1) is 10.8 Å². The first-order valence-electron chi connectivity index (χ1n) is 6.86. The molecule has 0 fully saturated rings. The van der Waals surface area contributed by atoms with Gasteiger partial charge in [-0.1, -0.05) is 23.7 Å². The molecule has 0 atom stereocenters. The Morgan fingerprint density at radius 2 is 1.81 bits per heavy atom. The molecule has 0 unspecified atom stereocenters. The summed E-state index contributed by atoms with van der Waals surface area (Å²) in [6, 6.07) is 7.82. The summed E-state index contributed by atoms with van der Waals surface area (Å²) in [7, 11) is 0. The molecule has 0 saturated carbocycles. The third kappa shape index (κ3) is 5.65. The number of nitrogens with one attached hydrogen (secondary N) is 1. The second kappa shape index (κ2) is 7.25. The van der Waals surface area contributed by atoms with Gasteiger partial charge in [0.2, 0.25) is 0 Å². The molecule has 0 aliphatic heterocycles. The summed E-state index contributed by atoms with van der Waals surface area (Å²) in [5, 5.41) is 4.19. The van der Waals surface area contributed by atoms with Crippen LogP contribution in [0.4, 0.5) is 0 Å². The number of aromatic nitrogens is 2. The van der Waals surface area contributed by atoms with E-state index in [1.54, 1.807) is 11.8 Å². The molecule has 1 heterocycles. The lowest BCUT2D eigenvalue weighted by Crippen LogP contribution is -2.35. The molecule has 0 aliphatic carbocycles. The summed E-state index contributed by atoms with van der Waals surface area (Å²) in [5.41, 5.74) is 1.19. The zero-order chi connectivity index (χ0) is 15.3. The standard InChI is InChI=1S/C16H20ClN3S/c1-16(2,3)20-10-12-8-18-15(19-9-12)11-21-14-7-5-4-6-13(14)17/h4-9,20H,10-11H2,1-3H3. The topological polar surface area (TPSA) is 37.8 Å². The zero-order valence-electron chi connectivity index (χ0n) is 12.6. The summed E-state index contributed by atoms with van der Waals surface area (Å²) in [5.74, 6) is 1.54. The second-order valence-electron chi connectivity index (χ2n) is 5.83. The smallest absolute Gasteiger partial charge is 0.138 e. The van der Waals surface area contributed by atoms with Gasteiger partial charge in [-0.3, -0.25) is 0 Å². The number of hydrogen-bond donors (Lipinski definition) is 1. The van der Waals surface area contributed by atoms with Crippen molar-refractivity contribution in [2.24, 2.45) is 0 Å². The van der Waals surface area contributed by atoms with Crippen LogP contribution >= 0.6 is 23.4 Å². The lowest BCUT2D eigenvalue weighted by Gasteiger charge is -2.20. The van der Waals surface area contributed by atoms with Gasteiger partial charge in [0.25, 0.3) is 0 Å². The normalized spacial score (nSPS) is 11.6. The van der Waals surface area contributed by atoms with Crippen LogP contribution in [0.2, 0.25) is 5.02 Å². The summed E-state index contributed by atoms with van der Waals surface area (Å²) >= 11 is 7.78. The van der Waals surface area contributed by atoms with Crippen LogP contribution in [-0.4, -0.2) is 15.5 Å². The summed E-state index contributed by atoms with van der Waals surface area (Å²) in [6.45, 7) is 7.20. The van der Waals surface area contributed by atoms with E-state index in [4.69, 9.17) is 11.6 Å². The fourth-order valence-corrected chi connectivity index (χ4v) is 2.73. The molecule has 0 aliphatic rings. The fraction of sp³-hybridized carbons (Fsp3) is 0.375. The Hall–Kier alpha value is -1.10. The van der Waals surface area contributed by atoms with E-state index in [-0.39, 0.29) is 5.54 Å². The average Bonchev–Trinajstić information content (AvgIpc) is 2.45. The van der Waals surface area contributed by atoms with Crippen molar-refractivity contribution in [3.8, 4) is 0 Å². The van der Waals surface area contributed by atoms with Crippen LogP contribution in [0.1, 0.15) is 32.2 Å². The molecule has 21 heavy (non-hydrogen) atoms. The molecule has 0 amide bonds. The summed E-state index contributed by atoms with van der Waals surface area (Å²) in [4.78, 5) is 9.87. The van der Waals surface area contributed by atoms with Crippen LogP contribution < -0.4 is 5.32 Å². The van der Waals surface area contributed by atoms with Gasteiger partial charge in [-0.05, 0) is 32.9 Å². The predicted molar refractivity (Wildman–Crippen MR) is 89.6 cm³/mol. The van der Waals surface area contributed by atoms with E-state index >= 15 is 0 Å². The summed E-state index contributed by atoms with van der Waals surface area (Å²) in [6.07, 6.45) is 3.77. The van der Waals surface area contributed by atoms with Crippen molar-refractivity contribution in [2.45, 2.75) is 43.5 Å². The molecule has 1 N–H and O–H groups in total. The van der Waals surface area contributed by atoms with E-state index in [0.29, 0.717) is 0 Å². The van der Waals surface area contributed by atoms with Gasteiger partial charge in [0, 0.05) is 34.9 Å². The maximum absolute atomic E-state index is 6.13. The van der Waals surface area contributed by atoms with E-state index in [1.165, 1.54) is 0 Å². The Balaban J connectivity index is 1.89. The van der Waals surface area contributed by atoms with Gasteiger partial charge >= 0.3 is 0 Å². The maximum atomic E-state index is 6.13. The molecular weight excluding hydrogens is 302 g/mol. The average molecular weight is 322 g/mol. The molecule has 0 radical (unpaired) electrons. The van der Waals surface area contributed by atoms with Gasteiger partial charge in [0.1, 0.15) is 5.82 Å². The second-order valence-corrected chi connectivity index (χ2v) is 7.25. The van der Waals surface area contributed by atoms with Crippen molar-refractivity contribution < 1.29 is 0 Å². The monoisotopic (exact) mass is 321 g/mol. The van der Waals surface area contributed by atoms with Crippen molar-refractivity contribution in [1.82, 2.24) is 15.3 Å². The fourth-order valence-electron chi connectivity index (χ4n) is 1.62. The quantitative estimate of drug-likeness (QED) is 0.833. The molecule has 112 valence electrons. The minimum Gasteiger partial charge on any atom is -0.308 e. The predicted octanol–water partition coefficient (Wildman–Crippen LogP) is 4.31. The van der Waals surface area contributed by atoms with Crippen LogP contribution in [-0.2, 0) is 12.3 Å². The maximum Gasteiger partial charge on any atom is 0.138 e. The first-order chi connectivity index (χ1) is 9.94. The molecular formula is C16H20ClN3S. The van der Waals surface area contributed by atoms with Gasteiger partial charge in [-0.25, -0.2) is 9.97 Å². The van der Waals surface area contributed by atoms with Crippen molar-refractivity contribution in [1.29, 1.82) is 0 Å². The molecule has 0 spiro atoms. The highest BCUT2D eigenvalue weighted by Gasteiger charge is 2.09. The Morgan fingerprint density at radius 3 is 2.43 bits per heavy atom. The number of thioether (sulfide) groups is 1. The number of hydrogen-bond acceptors (Lipinski definition) is 4. The largest absolute Gasteiger partial charge is 0.308 e. The van der Waals surface area contributed by atoms with Crippen molar-refractivity contribution in [3.63, 3.8) is 0 Å². The molecule has 2 rings (SSSR count). The number of benzene rings is 1. The summed E-state index contributed by atoms with van der Waals surface area (Å²) < 4.78 is 0. The third-order valence-electron chi connectivity index (χ3n) is 2.78. The lowest BCUT2D eigenvalue weighted by atomic mass is 10.1. The number of halogens is 1. The van der Waals surface area contributed by atoms with Crippen molar-refractivity contribution in [3.05, 3.63) is 53.1 Å². The molecule has 0 bridgehead atoms. The SMILES string of the molecule is CC(C)(C)NCc1cnc(CSc2ccccc2Cl)nc1. The number of rotatable bonds is 5. The first-order valence-corrected chi connectivity index (χ1v) is 8.22. The van der Waals surface area contributed by atoms with E-state index < -0.39 is 0 Å². The van der Waals surface area contributed by atoms with Crippen LogP contribution in [0.15, 0.2) is 41.6 Å². The molecule has 2 aromatic rings. The highest BCUT2D eigenvalue weighted by Crippen LogP contribution is 2.28. The Labute approximate surface area is 135 Å². The lowest BCUT2D eigenvalue weighted by molar-refractivity contribution is 0.423. The highest BCUT2D eigenvalue weighted by atomic mass is 35.5. The van der Waals surface area contributed by atoms with Crippen molar-refractivity contribution >= 4 is 23.4 Å². The molecule has 0 saturated heterocycles. The van der Waals surface area contributed by atoms with Crippen LogP contribution in [0.3, 0.4) is 0 Å². The van der Waals surface area contributed by atoms with Gasteiger partial charge in [-0.2, -0.15) is 0 Å². The van der Waals surface area contributed by atoms with Gasteiger partial charge in [-0.15, -0.1) is 11.8 Å². The Morgan fingerprint density at radius 1 is 1.14 bits per heavy atom. The van der Waals surface area contributed by atoms with E-state index in [1.807, 2.05) is 36.7 Å². The Bertz CT molecular complexity index is 579.